The summed E-state index contributed by atoms with van der Waals surface area (Å²) in [4.78, 5) is 2.28. The summed E-state index contributed by atoms with van der Waals surface area (Å²) in [5.74, 6) is 1.07. The highest BCUT2D eigenvalue weighted by Gasteiger charge is 2.21. The zero-order valence-corrected chi connectivity index (χ0v) is 13.9. The van der Waals surface area contributed by atoms with Crippen molar-refractivity contribution in [2.45, 2.75) is 38.5 Å². The molecule has 21 heavy (non-hydrogen) atoms. The lowest BCUT2D eigenvalue weighted by molar-refractivity contribution is 0.285. The molecule has 0 spiro atoms. The lowest BCUT2D eigenvalue weighted by Crippen LogP contribution is -2.20. The monoisotopic (exact) mass is 348 g/mol. The first kappa shape index (κ1) is 14.8. The van der Waals surface area contributed by atoms with Crippen LogP contribution < -0.4 is 5.32 Å². The summed E-state index contributed by atoms with van der Waals surface area (Å²) in [5.41, 5.74) is 2.58. The van der Waals surface area contributed by atoms with Gasteiger partial charge < -0.3 is 9.73 Å². The highest BCUT2D eigenvalue weighted by atomic mass is 79.9. The van der Waals surface area contributed by atoms with E-state index in [1.54, 1.807) is 6.26 Å². The number of hydrogen-bond donors (Lipinski definition) is 1. The van der Waals surface area contributed by atoms with Crippen LogP contribution in [0.3, 0.4) is 0 Å². The normalized spacial score (nSPS) is 14.8. The lowest BCUT2D eigenvalue weighted by atomic mass is 10.2. The molecule has 3 rings (SSSR count). The summed E-state index contributed by atoms with van der Waals surface area (Å²) in [5, 5.41) is 3.55. The van der Waals surface area contributed by atoms with Gasteiger partial charge in [0.1, 0.15) is 5.76 Å². The minimum atomic E-state index is 0.729. The van der Waals surface area contributed by atoms with Crippen LogP contribution in [0.5, 0.6) is 0 Å². The SMILES string of the molecule is CN(Cc1cccc(Br)c1)Cc1occc1CNC1CC1. The summed E-state index contributed by atoms with van der Waals surface area (Å²) in [6.45, 7) is 2.66. The zero-order valence-electron chi connectivity index (χ0n) is 12.3. The molecule has 112 valence electrons. The Morgan fingerprint density at radius 2 is 2.14 bits per heavy atom. The lowest BCUT2D eigenvalue weighted by Gasteiger charge is -2.16. The molecule has 1 saturated carbocycles. The van der Waals surface area contributed by atoms with E-state index in [-0.39, 0.29) is 0 Å². The van der Waals surface area contributed by atoms with E-state index in [1.165, 1.54) is 24.0 Å². The third-order valence-corrected chi connectivity index (χ3v) is 4.24. The first-order valence-corrected chi connectivity index (χ1v) is 8.21. The van der Waals surface area contributed by atoms with Gasteiger partial charge in [0, 0.05) is 29.2 Å². The Balaban J connectivity index is 1.56. The second-order valence-corrected chi connectivity index (χ2v) is 6.74. The Hall–Kier alpha value is -1.10. The zero-order chi connectivity index (χ0) is 14.7. The van der Waals surface area contributed by atoms with Crippen LogP contribution in [0.2, 0.25) is 0 Å². The smallest absolute Gasteiger partial charge is 0.122 e. The van der Waals surface area contributed by atoms with E-state index in [9.17, 15) is 0 Å². The Bertz CT molecular complexity index is 592. The molecule has 0 saturated heterocycles. The Labute approximate surface area is 134 Å². The number of halogens is 1. The van der Waals surface area contributed by atoms with Crippen molar-refractivity contribution in [2.24, 2.45) is 0 Å². The van der Waals surface area contributed by atoms with Gasteiger partial charge >= 0.3 is 0 Å². The van der Waals surface area contributed by atoms with E-state index >= 15 is 0 Å². The van der Waals surface area contributed by atoms with Crippen LogP contribution in [0.4, 0.5) is 0 Å². The van der Waals surface area contributed by atoms with E-state index in [0.717, 1.165) is 35.9 Å². The predicted octanol–water partition coefficient (Wildman–Crippen LogP) is 3.93. The van der Waals surface area contributed by atoms with Crippen molar-refractivity contribution >= 4 is 15.9 Å². The van der Waals surface area contributed by atoms with Gasteiger partial charge in [0.15, 0.2) is 0 Å². The Kier molecular flexibility index (Phi) is 4.78. The van der Waals surface area contributed by atoms with Gasteiger partial charge in [-0.3, -0.25) is 4.90 Å². The maximum absolute atomic E-state index is 5.66. The van der Waals surface area contributed by atoms with Crippen LogP contribution in [-0.2, 0) is 19.6 Å². The van der Waals surface area contributed by atoms with Crippen molar-refractivity contribution in [1.29, 1.82) is 0 Å². The minimum absolute atomic E-state index is 0.729. The first-order chi connectivity index (χ1) is 10.2. The van der Waals surface area contributed by atoms with Crippen molar-refractivity contribution in [3.63, 3.8) is 0 Å². The number of furan rings is 1. The Morgan fingerprint density at radius 3 is 2.90 bits per heavy atom. The van der Waals surface area contributed by atoms with Crippen molar-refractivity contribution in [3.8, 4) is 0 Å². The molecule has 1 N–H and O–H groups in total. The molecule has 0 aliphatic heterocycles. The fraction of sp³-hybridized carbons (Fsp3) is 0.412. The van der Waals surface area contributed by atoms with Crippen LogP contribution in [0.1, 0.15) is 29.7 Å². The topological polar surface area (TPSA) is 28.4 Å². The van der Waals surface area contributed by atoms with Gasteiger partial charge in [0.05, 0.1) is 12.8 Å². The molecular formula is C17H21BrN2O. The van der Waals surface area contributed by atoms with Gasteiger partial charge in [-0.2, -0.15) is 0 Å². The van der Waals surface area contributed by atoms with Crippen molar-refractivity contribution in [3.05, 3.63) is 58.0 Å². The van der Waals surface area contributed by atoms with E-state index in [2.05, 4.69) is 63.5 Å². The number of rotatable bonds is 7. The van der Waals surface area contributed by atoms with Gasteiger partial charge in [0.25, 0.3) is 0 Å². The van der Waals surface area contributed by atoms with E-state index < -0.39 is 0 Å². The highest BCUT2D eigenvalue weighted by molar-refractivity contribution is 9.10. The van der Waals surface area contributed by atoms with Crippen LogP contribution in [0.25, 0.3) is 0 Å². The van der Waals surface area contributed by atoms with E-state index in [1.807, 2.05) is 0 Å². The molecule has 1 heterocycles. The van der Waals surface area contributed by atoms with E-state index in [4.69, 9.17) is 4.42 Å². The minimum Gasteiger partial charge on any atom is -0.468 e. The number of nitrogens with one attached hydrogen (secondary N) is 1. The number of nitrogens with zero attached hydrogens (tertiary/aromatic N) is 1. The maximum Gasteiger partial charge on any atom is 0.122 e. The fourth-order valence-corrected chi connectivity index (χ4v) is 2.90. The average molecular weight is 349 g/mol. The van der Waals surface area contributed by atoms with Gasteiger partial charge in [-0.25, -0.2) is 0 Å². The fourth-order valence-electron chi connectivity index (χ4n) is 2.45. The third-order valence-electron chi connectivity index (χ3n) is 3.75. The molecule has 0 amide bonds. The van der Waals surface area contributed by atoms with E-state index in [0.29, 0.717) is 0 Å². The Morgan fingerprint density at radius 1 is 1.29 bits per heavy atom. The van der Waals surface area contributed by atoms with Crippen LogP contribution in [-0.4, -0.2) is 18.0 Å². The van der Waals surface area contributed by atoms with Crippen molar-refractivity contribution in [1.82, 2.24) is 10.2 Å². The molecule has 0 bridgehead atoms. The van der Waals surface area contributed by atoms with Gasteiger partial charge in [0.2, 0.25) is 0 Å². The standard InChI is InChI=1S/C17H21BrN2O/c1-20(11-13-3-2-4-15(18)9-13)12-17-14(7-8-21-17)10-19-16-5-6-16/h2-4,7-9,16,19H,5-6,10-12H2,1H3. The third kappa shape index (κ3) is 4.43. The van der Waals surface area contributed by atoms with Crippen molar-refractivity contribution < 1.29 is 4.42 Å². The molecule has 1 aliphatic carbocycles. The maximum atomic E-state index is 5.66. The molecule has 1 aromatic carbocycles. The number of hydrogen-bond acceptors (Lipinski definition) is 3. The predicted molar refractivity (Wildman–Crippen MR) is 87.9 cm³/mol. The molecule has 0 atom stereocenters. The quantitative estimate of drug-likeness (QED) is 0.821. The molecular weight excluding hydrogens is 328 g/mol. The second kappa shape index (κ2) is 6.77. The molecule has 4 heteroatoms. The number of benzene rings is 1. The molecule has 1 fully saturated rings. The second-order valence-electron chi connectivity index (χ2n) is 5.83. The van der Waals surface area contributed by atoms with Crippen LogP contribution >= 0.6 is 15.9 Å². The summed E-state index contributed by atoms with van der Waals surface area (Å²) in [6.07, 6.45) is 4.43. The van der Waals surface area contributed by atoms with Gasteiger partial charge in [-0.05, 0) is 43.7 Å². The highest BCUT2D eigenvalue weighted by Crippen LogP contribution is 2.21. The van der Waals surface area contributed by atoms with Gasteiger partial charge in [-0.1, -0.05) is 28.1 Å². The summed E-state index contributed by atoms with van der Waals surface area (Å²) >= 11 is 3.52. The van der Waals surface area contributed by atoms with Gasteiger partial charge in [-0.15, -0.1) is 0 Å². The van der Waals surface area contributed by atoms with Crippen LogP contribution in [0, 0.1) is 0 Å². The van der Waals surface area contributed by atoms with Crippen molar-refractivity contribution in [2.75, 3.05) is 7.05 Å². The van der Waals surface area contributed by atoms with Crippen LogP contribution in [0.15, 0.2) is 45.5 Å². The summed E-state index contributed by atoms with van der Waals surface area (Å²) < 4.78 is 6.78. The largest absolute Gasteiger partial charge is 0.468 e. The molecule has 0 unspecified atom stereocenters. The molecule has 1 aliphatic rings. The summed E-state index contributed by atoms with van der Waals surface area (Å²) in [7, 11) is 2.13. The molecule has 1 aromatic heterocycles. The molecule has 3 nitrogen and oxygen atoms in total. The molecule has 2 aromatic rings. The first-order valence-electron chi connectivity index (χ1n) is 7.42. The average Bonchev–Trinajstić information content (AvgIpc) is 3.17. The summed E-state index contributed by atoms with van der Waals surface area (Å²) in [6, 6.07) is 11.3. The molecule has 0 radical (unpaired) electrons.